The van der Waals surface area contributed by atoms with Crippen molar-refractivity contribution in [2.75, 3.05) is 20.5 Å². The van der Waals surface area contributed by atoms with Crippen molar-refractivity contribution in [3.63, 3.8) is 0 Å². The van der Waals surface area contributed by atoms with Crippen molar-refractivity contribution in [1.29, 1.82) is 0 Å². The molecule has 1 fully saturated rings. The molecule has 52 heavy (non-hydrogen) atoms. The van der Waals surface area contributed by atoms with Crippen molar-refractivity contribution < 1.29 is 38.3 Å². The number of amides is 3. The number of methoxy groups -OCH3 is 1. The summed E-state index contributed by atoms with van der Waals surface area (Å²) in [6, 6.07) is 20.5. The maximum absolute atomic E-state index is 14.1. The third-order valence-electron chi connectivity index (χ3n) is 10.1. The number of alkyl carbamates (subject to hydrolysis) is 1. The molecule has 0 aromatic heterocycles. The van der Waals surface area contributed by atoms with E-state index >= 15 is 0 Å². The topological polar surface area (TPSA) is 175 Å². The molecule has 0 saturated heterocycles. The second-order valence-electron chi connectivity index (χ2n) is 13.5. The minimum Gasteiger partial charge on any atom is -0.449 e. The minimum absolute atomic E-state index is 0.00138. The highest BCUT2D eigenvalue weighted by Gasteiger charge is 2.50. The Hall–Kier alpha value is -5.30. The van der Waals surface area contributed by atoms with Crippen LogP contribution in [0.5, 0.6) is 0 Å². The van der Waals surface area contributed by atoms with Gasteiger partial charge in [-0.1, -0.05) is 106 Å². The van der Waals surface area contributed by atoms with Crippen LogP contribution in [0.15, 0.2) is 78.9 Å². The molecule has 0 unspecified atom stereocenters. The number of nitrogens with zero attached hydrogens (tertiary/aromatic N) is 1. The van der Waals surface area contributed by atoms with E-state index in [9.17, 15) is 29.3 Å². The molecule has 2 aliphatic carbocycles. The predicted molar refractivity (Wildman–Crippen MR) is 192 cm³/mol. The van der Waals surface area contributed by atoms with E-state index in [1.54, 1.807) is 26.0 Å². The monoisotopic (exact) mass is 714 g/mol. The van der Waals surface area contributed by atoms with Crippen molar-refractivity contribution in [2.24, 2.45) is 11.8 Å². The van der Waals surface area contributed by atoms with E-state index in [1.165, 1.54) is 7.11 Å². The number of nitrogens with one attached hydrogen (secondary N) is 3. The lowest BCUT2D eigenvalue weighted by atomic mass is 9.91. The van der Waals surface area contributed by atoms with Crippen LogP contribution in [-0.4, -0.2) is 73.5 Å². The zero-order chi connectivity index (χ0) is 37.4. The second-order valence-corrected chi connectivity index (χ2v) is 13.5. The first-order chi connectivity index (χ1) is 25.0. The number of hydrogen-bond donors (Lipinski definition) is 3. The van der Waals surface area contributed by atoms with Gasteiger partial charge in [-0.15, -0.1) is 0 Å². The number of benzene rings is 3. The third kappa shape index (κ3) is 8.94. The number of rotatable bonds is 17. The van der Waals surface area contributed by atoms with Gasteiger partial charge >= 0.3 is 12.1 Å². The number of ether oxygens (including phenoxy) is 3. The van der Waals surface area contributed by atoms with Gasteiger partial charge in [-0.3, -0.25) is 19.7 Å². The number of carbonyl (C=O) groups is 4. The van der Waals surface area contributed by atoms with Gasteiger partial charge in [0, 0.05) is 36.2 Å². The molecule has 3 N–H and O–H groups in total. The fraction of sp³-hybridized carbons (Fsp3) is 0.436. The van der Waals surface area contributed by atoms with Gasteiger partial charge in [0.2, 0.25) is 17.9 Å². The molecule has 0 heterocycles. The first kappa shape index (κ1) is 37.9. The smallest absolute Gasteiger partial charge is 0.407 e. The Balaban J connectivity index is 1.34. The summed E-state index contributed by atoms with van der Waals surface area (Å²) in [6.45, 7) is 5.13. The van der Waals surface area contributed by atoms with E-state index in [0.29, 0.717) is 6.42 Å². The molecule has 13 heteroatoms. The summed E-state index contributed by atoms with van der Waals surface area (Å²) in [5.41, 5.74) is 4.89. The van der Waals surface area contributed by atoms with Gasteiger partial charge in [0.05, 0.1) is 0 Å². The summed E-state index contributed by atoms with van der Waals surface area (Å²) in [5, 5.41) is 19.7. The van der Waals surface area contributed by atoms with Crippen molar-refractivity contribution in [1.82, 2.24) is 16.0 Å². The van der Waals surface area contributed by atoms with Crippen molar-refractivity contribution in [3.05, 3.63) is 106 Å². The van der Waals surface area contributed by atoms with Gasteiger partial charge in [0.25, 0.3) is 0 Å². The summed E-state index contributed by atoms with van der Waals surface area (Å²) in [6.07, 6.45) is -0.0961. The lowest BCUT2D eigenvalue weighted by Gasteiger charge is -2.30. The molecule has 1 saturated carbocycles. The Labute approximate surface area is 302 Å². The quantitative estimate of drug-likeness (QED) is 0.0759. The SMILES string of the molecule is CC[C@H](C)[C@H](NC(=O)[C@H](NC(=O)[C@@H](C[C@@H]1C[C@H]1[N+](=O)[O-])NC(=O)OCC1c2ccccc2-c2ccccc21)[C@H](C)c1ccccc1)C(=O)OCOC. The molecular formula is C39H46N4O9. The van der Waals surface area contributed by atoms with Crippen LogP contribution in [0.2, 0.25) is 0 Å². The normalized spacial score (nSPS) is 18.7. The number of hydrogen-bond acceptors (Lipinski definition) is 9. The molecule has 7 atom stereocenters. The molecule has 3 amide bonds. The van der Waals surface area contributed by atoms with E-state index in [1.807, 2.05) is 73.7 Å². The molecule has 0 aliphatic heterocycles. The highest BCUT2D eigenvalue weighted by Crippen LogP contribution is 2.44. The van der Waals surface area contributed by atoms with Gasteiger partial charge in [0.15, 0.2) is 6.79 Å². The summed E-state index contributed by atoms with van der Waals surface area (Å²) in [7, 11) is 1.37. The van der Waals surface area contributed by atoms with Crippen LogP contribution >= 0.6 is 0 Å². The molecule has 0 bridgehead atoms. The largest absolute Gasteiger partial charge is 0.449 e. The third-order valence-corrected chi connectivity index (χ3v) is 10.1. The van der Waals surface area contributed by atoms with Gasteiger partial charge in [-0.25, -0.2) is 9.59 Å². The molecule has 0 spiro atoms. The number of carbonyl (C=O) groups excluding carboxylic acids is 4. The number of nitro groups is 1. The molecule has 276 valence electrons. The number of fused-ring (bicyclic) bond motifs is 3. The Bertz CT molecular complexity index is 1710. The zero-order valence-corrected chi connectivity index (χ0v) is 29.8. The van der Waals surface area contributed by atoms with Gasteiger partial charge in [-0.2, -0.15) is 0 Å². The Kier molecular flexibility index (Phi) is 12.6. The Morgan fingerprint density at radius 1 is 0.827 bits per heavy atom. The summed E-state index contributed by atoms with van der Waals surface area (Å²) < 4.78 is 15.7. The summed E-state index contributed by atoms with van der Waals surface area (Å²) in [5.74, 6) is -3.61. The average Bonchev–Trinajstić information content (AvgIpc) is 3.87. The molecular weight excluding hydrogens is 668 g/mol. The Morgan fingerprint density at radius 2 is 1.42 bits per heavy atom. The highest BCUT2D eigenvalue weighted by atomic mass is 16.7. The summed E-state index contributed by atoms with van der Waals surface area (Å²) >= 11 is 0. The van der Waals surface area contributed by atoms with E-state index in [0.717, 1.165) is 27.8 Å². The van der Waals surface area contributed by atoms with Crippen LogP contribution in [0, 0.1) is 22.0 Å². The summed E-state index contributed by atoms with van der Waals surface area (Å²) in [4.78, 5) is 65.5. The minimum atomic E-state index is -1.25. The van der Waals surface area contributed by atoms with Crippen LogP contribution in [0.25, 0.3) is 11.1 Å². The fourth-order valence-electron chi connectivity index (χ4n) is 6.80. The van der Waals surface area contributed by atoms with E-state index in [2.05, 4.69) is 16.0 Å². The van der Waals surface area contributed by atoms with Gasteiger partial charge in [-0.05, 0) is 40.2 Å². The maximum atomic E-state index is 14.1. The number of esters is 1. The van der Waals surface area contributed by atoms with Crippen molar-refractivity contribution in [2.45, 2.75) is 76.0 Å². The molecule has 5 rings (SSSR count). The Morgan fingerprint density at radius 3 is 2.00 bits per heavy atom. The first-order valence-electron chi connectivity index (χ1n) is 17.6. The standard InChI is InChI=1S/C39H46N4O9/c1-5-23(2)34(38(46)52-22-50-4)41-37(45)35(24(3)25-13-7-6-8-14-25)42-36(44)32(19-26-20-33(26)43(48)49)40-39(47)51-21-31-29-17-11-9-15-27(29)28-16-10-12-18-30(28)31/h6-18,23-24,26,31-35H,5,19-22H2,1-4H3,(H,40,47)(H,41,45)(H,42,44)/t23-,24+,26+,32+,33+,34-,35+/m0/s1. The van der Waals surface area contributed by atoms with E-state index < -0.39 is 64.8 Å². The zero-order valence-electron chi connectivity index (χ0n) is 29.8. The van der Waals surface area contributed by atoms with Crippen molar-refractivity contribution in [3.8, 4) is 11.1 Å². The van der Waals surface area contributed by atoms with Gasteiger partial charge < -0.3 is 30.2 Å². The maximum Gasteiger partial charge on any atom is 0.407 e. The molecule has 13 nitrogen and oxygen atoms in total. The molecule has 3 aromatic carbocycles. The van der Waals surface area contributed by atoms with Crippen LogP contribution in [-0.2, 0) is 28.6 Å². The first-order valence-corrected chi connectivity index (χ1v) is 17.6. The van der Waals surface area contributed by atoms with Crippen LogP contribution in [0.4, 0.5) is 4.79 Å². The van der Waals surface area contributed by atoms with Gasteiger partial charge in [0.1, 0.15) is 24.7 Å². The molecule has 2 aliphatic rings. The average molecular weight is 715 g/mol. The fourth-order valence-corrected chi connectivity index (χ4v) is 6.80. The molecule has 0 radical (unpaired) electrons. The van der Waals surface area contributed by atoms with E-state index in [-0.39, 0.29) is 38.1 Å². The lowest BCUT2D eigenvalue weighted by molar-refractivity contribution is -0.498. The lowest BCUT2D eigenvalue weighted by Crippen LogP contribution is -2.58. The van der Waals surface area contributed by atoms with Crippen LogP contribution in [0.1, 0.15) is 68.6 Å². The van der Waals surface area contributed by atoms with Crippen LogP contribution < -0.4 is 16.0 Å². The van der Waals surface area contributed by atoms with E-state index in [4.69, 9.17) is 14.2 Å². The molecule has 3 aromatic rings. The van der Waals surface area contributed by atoms with Crippen LogP contribution in [0.3, 0.4) is 0 Å². The highest BCUT2D eigenvalue weighted by molar-refractivity contribution is 5.94. The second kappa shape index (κ2) is 17.3. The predicted octanol–water partition coefficient (Wildman–Crippen LogP) is 4.92. The van der Waals surface area contributed by atoms with Crippen molar-refractivity contribution >= 4 is 23.9 Å².